The number of nitrogen functional groups attached to an aromatic ring is 1. The number of halogens is 1. The number of nitrogens with one attached hydrogen (secondary N) is 1. The Morgan fingerprint density at radius 1 is 1.44 bits per heavy atom. The number of carbonyl (C=O) groups is 1. The first-order valence-electron chi connectivity index (χ1n) is 5.47. The summed E-state index contributed by atoms with van der Waals surface area (Å²) in [5.74, 6) is -0.0901. The number of thiophene rings is 1. The van der Waals surface area contributed by atoms with Crippen LogP contribution in [0.25, 0.3) is 0 Å². The third-order valence-electron chi connectivity index (χ3n) is 2.64. The molecule has 0 radical (unpaired) electrons. The molecule has 0 saturated heterocycles. The van der Waals surface area contributed by atoms with E-state index in [1.807, 2.05) is 36.6 Å². The monoisotopic (exact) mass is 324 g/mol. The van der Waals surface area contributed by atoms with Crippen molar-refractivity contribution >= 4 is 38.9 Å². The second-order valence-electron chi connectivity index (χ2n) is 3.96. The quantitative estimate of drug-likeness (QED) is 0.848. The van der Waals surface area contributed by atoms with Crippen LogP contribution in [0.1, 0.15) is 28.9 Å². The van der Waals surface area contributed by atoms with E-state index in [9.17, 15) is 4.79 Å². The van der Waals surface area contributed by atoms with Gasteiger partial charge >= 0.3 is 0 Å². The number of rotatable bonds is 3. The van der Waals surface area contributed by atoms with Crippen molar-refractivity contribution in [2.75, 3.05) is 5.73 Å². The molecule has 1 amide bonds. The Bertz CT molecular complexity index is 568. The SMILES string of the molecule is CC(NC(=O)c1csc(Br)c1)c1ccccc1N. The lowest BCUT2D eigenvalue weighted by Crippen LogP contribution is -2.26. The van der Waals surface area contributed by atoms with Crippen LogP contribution in [0, 0.1) is 0 Å². The average molecular weight is 325 g/mol. The number of carbonyl (C=O) groups excluding carboxylic acids is 1. The number of amides is 1. The predicted octanol–water partition coefficient (Wildman–Crippen LogP) is 3.58. The summed E-state index contributed by atoms with van der Waals surface area (Å²) in [6, 6.07) is 9.24. The van der Waals surface area contributed by atoms with Gasteiger partial charge in [-0.1, -0.05) is 18.2 Å². The van der Waals surface area contributed by atoms with E-state index in [4.69, 9.17) is 5.73 Å². The first-order chi connectivity index (χ1) is 8.58. The predicted molar refractivity (Wildman–Crippen MR) is 78.8 cm³/mol. The molecule has 1 aromatic carbocycles. The van der Waals surface area contributed by atoms with Crippen LogP contribution in [0.15, 0.2) is 39.5 Å². The molecule has 1 heterocycles. The average Bonchev–Trinajstić information content (AvgIpc) is 2.76. The van der Waals surface area contributed by atoms with E-state index < -0.39 is 0 Å². The molecule has 0 saturated carbocycles. The van der Waals surface area contributed by atoms with Crippen molar-refractivity contribution in [3.63, 3.8) is 0 Å². The van der Waals surface area contributed by atoms with Crippen LogP contribution in [0.4, 0.5) is 5.69 Å². The topological polar surface area (TPSA) is 55.1 Å². The van der Waals surface area contributed by atoms with Crippen LogP contribution in [0.5, 0.6) is 0 Å². The minimum absolute atomic E-state index is 0.0901. The molecule has 0 fully saturated rings. The van der Waals surface area contributed by atoms with Gasteiger partial charge < -0.3 is 11.1 Å². The highest BCUT2D eigenvalue weighted by molar-refractivity contribution is 9.11. The van der Waals surface area contributed by atoms with Crippen LogP contribution in [-0.2, 0) is 0 Å². The molecule has 3 N–H and O–H groups in total. The Balaban J connectivity index is 2.10. The molecule has 2 aromatic rings. The molecular weight excluding hydrogens is 312 g/mol. The van der Waals surface area contributed by atoms with Crippen LogP contribution < -0.4 is 11.1 Å². The highest BCUT2D eigenvalue weighted by Gasteiger charge is 2.14. The highest BCUT2D eigenvalue weighted by Crippen LogP contribution is 2.23. The van der Waals surface area contributed by atoms with Crippen molar-refractivity contribution in [1.29, 1.82) is 0 Å². The number of hydrogen-bond donors (Lipinski definition) is 2. The lowest BCUT2D eigenvalue weighted by Gasteiger charge is -2.15. The van der Waals surface area contributed by atoms with Crippen molar-refractivity contribution in [1.82, 2.24) is 5.32 Å². The van der Waals surface area contributed by atoms with Crippen molar-refractivity contribution in [3.05, 3.63) is 50.6 Å². The van der Waals surface area contributed by atoms with Gasteiger partial charge in [0.15, 0.2) is 0 Å². The largest absolute Gasteiger partial charge is 0.398 e. The van der Waals surface area contributed by atoms with E-state index in [1.54, 1.807) is 6.07 Å². The van der Waals surface area contributed by atoms with Crippen molar-refractivity contribution in [3.8, 4) is 0 Å². The molecule has 1 atom stereocenters. The van der Waals surface area contributed by atoms with Gasteiger partial charge in [-0.2, -0.15) is 0 Å². The maximum absolute atomic E-state index is 12.0. The second kappa shape index (κ2) is 5.54. The summed E-state index contributed by atoms with van der Waals surface area (Å²) in [6.07, 6.45) is 0. The number of nitrogens with two attached hydrogens (primary N) is 1. The van der Waals surface area contributed by atoms with Gasteiger partial charge in [0.1, 0.15) is 0 Å². The minimum Gasteiger partial charge on any atom is -0.398 e. The maximum Gasteiger partial charge on any atom is 0.252 e. The fraction of sp³-hybridized carbons (Fsp3) is 0.154. The Morgan fingerprint density at radius 2 is 2.17 bits per heavy atom. The summed E-state index contributed by atoms with van der Waals surface area (Å²) in [4.78, 5) is 12.0. The Morgan fingerprint density at radius 3 is 2.78 bits per heavy atom. The van der Waals surface area contributed by atoms with Crippen LogP contribution in [0.2, 0.25) is 0 Å². The number of hydrogen-bond acceptors (Lipinski definition) is 3. The molecule has 3 nitrogen and oxygen atoms in total. The zero-order chi connectivity index (χ0) is 13.1. The summed E-state index contributed by atoms with van der Waals surface area (Å²) in [5, 5.41) is 4.75. The highest BCUT2D eigenvalue weighted by atomic mass is 79.9. The van der Waals surface area contributed by atoms with Gasteiger partial charge in [-0.05, 0) is 40.5 Å². The lowest BCUT2D eigenvalue weighted by atomic mass is 10.1. The van der Waals surface area contributed by atoms with Gasteiger partial charge in [0.25, 0.3) is 5.91 Å². The molecule has 5 heteroatoms. The van der Waals surface area contributed by atoms with Crippen LogP contribution >= 0.6 is 27.3 Å². The smallest absolute Gasteiger partial charge is 0.252 e. The molecule has 94 valence electrons. The van der Waals surface area contributed by atoms with Crippen molar-refractivity contribution in [2.24, 2.45) is 0 Å². The molecule has 0 bridgehead atoms. The van der Waals surface area contributed by atoms with Crippen molar-refractivity contribution in [2.45, 2.75) is 13.0 Å². The van der Waals surface area contributed by atoms with E-state index in [-0.39, 0.29) is 11.9 Å². The summed E-state index contributed by atoms with van der Waals surface area (Å²) in [7, 11) is 0. The molecule has 0 aliphatic carbocycles. The first kappa shape index (κ1) is 13.1. The zero-order valence-electron chi connectivity index (χ0n) is 9.81. The first-order valence-corrected chi connectivity index (χ1v) is 7.14. The fourth-order valence-corrected chi connectivity index (χ4v) is 2.83. The van der Waals surface area contributed by atoms with E-state index in [0.29, 0.717) is 11.3 Å². The molecule has 0 aliphatic heterocycles. The zero-order valence-corrected chi connectivity index (χ0v) is 12.2. The normalized spacial score (nSPS) is 12.1. The van der Waals surface area contributed by atoms with Gasteiger partial charge in [0, 0.05) is 11.1 Å². The molecule has 2 rings (SSSR count). The lowest BCUT2D eigenvalue weighted by molar-refractivity contribution is 0.0940. The molecule has 0 aliphatic rings. The Hall–Kier alpha value is -1.33. The van der Waals surface area contributed by atoms with Gasteiger partial charge in [0.2, 0.25) is 0 Å². The summed E-state index contributed by atoms with van der Waals surface area (Å²) >= 11 is 4.83. The summed E-state index contributed by atoms with van der Waals surface area (Å²) in [5.41, 5.74) is 8.17. The molecule has 1 unspecified atom stereocenters. The van der Waals surface area contributed by atoms with E-state index in [0.717, 1.165) is 9.35 Å². The fourth-order valence-electron chi connectivity index (χ4n) is 1.69. The molecule has 18 heavy (non-hydrogen) atoms. The third kappa shape index (κ3) is 2.91. The van der Waals surface area contributed by atoms with Crippen LogP contribution in [0.3, 0.4) is 0 Å². The Kier molecular flexibility index (Phi) is 4.04. The second-order valence-corrected chi connectivity index (χ2v) is 6.25. The van der Waals surface area contributed by atoms with E-state index in [2.05, 4.69) is 21.2 Å². The van der Waals surface area contributed by atoms with Crippen LogP contribution in [-0.4, -0.2) is 5.91 Å². The number of benzene rings is 1. The van der Waals surface area contributed by atoms with Gasteiger partial charge in [-0.25, -0.2) is 0 Å². The van der Waals surface area contributed by atoms with Gasteiger partial charge in [-0.15, -0.1) is 11.3 Å². The Labute approximate surface area is 118 Å². The molecule has 1 aromatic heterocycles. The van der Waals surface area contributed by atoms with Gasteiger partial charge in [-0.3, -0.25) is 4.79 Å². The minimum atomic E-state index is -0.114. The summed E-state index contributed by atoms with van der Waals surface area (Å²) < 4.78 is 0.944. The summed E-state index contributed by atoms with van der Waals surface area (Å²) in [6.45, 7) is 1.92. The third-order valence-corrected chi connectivity index (χ3v) is 4.14. The number of anilines is 1. The van der Waals surface area contributed by atoms with E-state index in [1.165, 1.54) is 11.3 Å². The molecule has 0 spiro atoms. The maximum atomic E-state index is 12.0. The van der Waals surface area contributed by atoms with E-state index >= 15 is 0 Å². The molecular formula is C13H13BrN2OS. The standard InChI is InChI=1S/C13H13BrN2OS/c1-8(10-4-2-3-5-11(10)15)16-13(17)9-6-12(14)18-7-9/h2-8H,15H2,1H3,(H,16,17). The van der Waals surface area contributed by atoms with Crippen molar-refractivity contribution < 1.29 is 4.79 Å². The van der Waals surface area contributed by atoms with Gasteiger partial charge in [0.05, 0.1) is 15.4 Å². The number of para-hydroxylation sites is 1.